The molecule has 0 aromatic carbocycles. The molecule has 0 aromatic rings. The SMILES string of the molecule is CCC[C@@H](C(=O)O)N(C(=O)OC(C)(C)C)N(C)C(=O)OC(C)(C)C. The fraction of sp³-hybridized carbons (Fsp3) is 0.812. The van der Waals surface area contributed by atoms with Gasteiger partial charge >= 0.3 is 18.2 Å². The molecule has 0 heterocycles. The summed E-state index contributed by atoms with van der Waals surface area (Å²) in [6.07, 6.45) is -1.08. The van der Waals surface area contributed by atoms with Gasteiger partial charge in [-0.3, -0.25) is 0 Å². The van der Waals surface area contributed by atoms with Crippen LogP contribution in [0.4, 0.5) is 9.59 Å². The molecule has 24 heavy (non-hydrogen) atoms. The molecule has 0 unspecified atom stereocenters. The maximum absolute atomic E-state index is 12.5. The monoisotopic (exact) mass is 346 g/mol. The second-order valence-corrected chi connectivity index (χ2v) is 7.47. The molecule has 0 rings (SSSR count). The Hall–Kier alpha value is -1.99. The molecule has 140 valence electrons. The Morgan fingerprint density at radius 1 is 0.958 bits per heavy atom. The van der Waals surface area contributed by atoms with E-state index in [1.807, 2.05) is 0 Å². The molecule has 0 fully saturated rings. The summed E-state index contributed by atoms with van der Waals surface area (Å²) in [5.74, 6) is -1.22. The number of ether oxygens (including phenoxy) is 2. The fourth-order valence-corrected chi connectivity index (χ4v) is 1.81. The summed E-state index contributed by atoms with van der Waals surface area (Å²) in [7, 11) is 1.28. The van der Waals surface area contributed by atoms with Crippen LogP contribution in [0.3, 0.4) is 0 Å². The van der Waals surface area contributed by atoms with Crippen molar-refractivity contribution in [3.8, 4) is 0 Å². The molecule has 1 atom stereocenters. The number of hydrazine groups is 1. The van der Waals surface area contributed by atoms with Gasteiger partial charge in [-0.1, -0.05) is 13.3 Å². The first kappa shape index (κ1) is 22.0. The van der Waals surface area contributed by atoms with Gasteiger partial charge in [0.25, 0.3) is 0 Å². The molecule has 0 radical (unpaired) electrons. The average Bonchev–Trinajstić information content (AvgIpc) is 2.33. The standard InChI is InChI=1S/C16H30N2O6/c1-9-10-11(12(19)20)18(14(22)24-16(5,6)7)17(8)13(21)23-15(2,3)4/h11H,9-10H2,1-8H3,(H,19,20)/t11-/m0/s1. The molecule has 0 aromatic heterocycles. The van der Waals surface area contributed by atoms with Crippen molar-refractivity contribution < 1.29 is 29.0 Å². The van der Waals surface area contributed by atoms with E-state index in [4.69, 9.17) is 9.47 Å². The zero-order valence-electron chi connectivity index (χ0n) is 15.9. The fourth-order valence-electron chi connectivity index (χ4n) is 1.81. The molecule has 8 nitrogen and oxygen atoms in total. The number of carboxylic acid groups (broad SMARTS) is 1. The number of rotatable bonds is 4. The predicted molar refractivity (Wildman–Crippen MR) is 88.4 cm³/mol. The van der Waals surface area contributed by atoms with E-state index in [0.29, 0.717) is 6.42 Å². The van der Waals surface area contributed by atoms with Gasteiger partial charge in [-0.15, -0.1) is 0 Å². The Labute approximate surface area is 143 Å². The highest BCUT2D eigenvalue weighted by Gasteiger charge is 2.38. The molecule has 0 saturated carbocycles. The number of amides is 2. The van der Waals surface area contributed by atoms with Gasteiger partial charge in [-0.25, -0.2) is 19.4 Å². The summed E-state index contributed by atoms with van der Waals surface area (Å²) in [5, 5.41) is 11.1. The van der Waals surface area contributed by atoms with Crippen LogP contribution in [-0.2, 0) is 14.3 Å². The lowest BCUT2D eigenvalue weighted by Crippen LogP contribution is -2.57. The lowest BCUT2D eigenvalue weighted by molar-refractivity contribution is -0.150. The van der Waals surface area contributed by atoms with Crippen LogP contribution in [0.2, 0.25) is 0 Å². The Morgan fingerprint density at radius 2 is 1.38 bits per heavy atom. The second kappa shape index (κ2) is 8.21. The van der Waals surface area contributed by atoms with E-state index in [9.17, 15) is 19.5 Å². The molecular weight excluding hydrogens is 316 g/mol. The molecule has 8 heteroatoms. The summed E-state index contributed by atoms with van der Waals surface area (Å²) in [5.41, 5.74) is -1.62. The minimum Gasteiger partial charge on any atom is -0.480 e. The van der Waals surface area contributed by atoms with Crippen molar-refractivity contribution in [2.45, 2.75) is 78.6 Å². The smallest absolute Gasteiger partial charge is 0.430 e. The molecule has 1 N–H and O–H groups in total. The Morgan fingerprint density at radius 3 is 1.71 bits per heavy atom. The molecule has 0 aliphatic rings. The zero-order chi connectivity index (χ0) is 19.3. The molecule has 0 aliphatic carbocycles. The largest absolute Gasteiger partial charge is 0.480 e. The molecular formula is C16H30N2O6. The van der Waals surface area contributed by atoms with Gasteiger partial charge in [-0.2, -0.15) is 5.01 Å². The topological polar surface area (TPSA) is 96.4 Å². The van der Waals surface area contributed by atoms with Gasteiger partial charge in [0.1, 0.15) is 11.2 Å². The minimum absolute atomic E-state index is 0.168. The van der Waals surface area contributed by atoms with Gasteiger partial charge < -0.3 is 14.6 Å². The van der Waals surface area contributed by atoms with E-state index in [1.54, 1.807) is 48.5 Å². The highest BCUT2D eigenvalue weighted by molar-refractivity contribution is 5.82. The van der Waals surface area contributed by atoms with Crippen molar-refractivity contribution >= 4 is 18.2 Å². The Bertz CT molecular complexity index is 464. The number of hydrogen-bond donors (Lipinski definition) is 1. The first-order chi connectivity index (χ1) is 10.7. The van der Waals surface area contributed by atoms with Crippen LogP contribution in [0.15, 0.2) is 0 Å². The first-order valence-electron chi connectivity index (χ1n) is 7.91. The highest BCUT2D eigenvalue weighted by Crippen LogP contribution is 2.19. The van der Waals surface area contributed by atoms with E-state index in [0.717, 1.165) is 10.0 Å². The summed E-state index contributed by atoms with van der Waals surface area (Å²) >= 11 is 0. The predicted octanol–water partition coefficient (Wildman–Crippen LogP) is 3.26. The molecule has 0 bridgehead atoms. The van der Waals surface area contributed by atoms with Crippen molar-refractivity contribution in [3.63, 3.8) is 0 Å². The van der Waals surface area contributed by atoms with Crippen LogP contribution in [0.1, 0.15) is 61.3 Å². The molecule has 0 spiro atoms. The highest BCUT2D eigenvalue weighted by atomic mass is 16.6. The molecule has 2 amide bonds. The normalized spacial score (nSPS) is 13.0. The van der Waals surface area contributed by atoms with Gasteiger partial charge in [0.05, 0.1) is 0 Å². The van der Waals surface area contributed by atoms with Crippen molar-refractivity contribution in [1.82, 2.24) is 10.0 Å². The quantitative estimate of drug-likeness (QED) is 0.785. The van der Waals surface area contributed by atoms with E-state index in [2.05, 4.69) is 0 Å². The van der Waals surface area contributed by atoms with Gasteiger partial charge in [0.15, 0.2) is 6.04 Å². The third kappa shape index (κ3) is 7.52. The van der Waals surface area contributed by atoms with E-state index >= 15 is 0 Å². The Kier molecular flexibility index (Phi) is 7.53. The van der Waals surface area contributed by atoms with Crippen molar-refractivity contribution in [2.75, 3.05) is 7.05 Å². The van der Waals surface area contributed by atoms with Crippen LogP contribution < -0.4 is 0 Å². The van der Waals surface area contributed by atoms with E-state index < -0.39 is 35.4 Å². The van der Waals surface area contributed by atoms with Crippen LogP contribution in [0.5, 0.6) is 0 Å². The second-order valence-electron chi connectivity index (χ2n) is 7.47. The molecule has 0 saturated heterocycles. The lowest BCUT2D eigenvalue weighted by atomic mass is 10.1. The maximum Gasteiger partial charge on any atom is 0.430 e. The van der Waals surface area contributed by atoms with Crippen molar-refractivity contribution in [1.29, 1.82) is 0 Å². The summed E-state index contributed by atoms with van der Waals surface area (Å²) in [4.78, 5) is 36.3. The third-order valence-corrected chi connectivity index (χ3v) is 2.70. The van der Waals surface area contributed by atoms with Gasteiger partial charge in [0.2, 0.25) is 0 Å². The lowest BCUT2D eigenvalue weighted by Gasteiger charge is -2.37. The molecule has 0 aliphatic heterocycles. The van der Waals surface area contributed by atoms with Gasteiger partial charge in [0, 0.05) is 7.05 Å². The average molecular weight is 346 g/mol. The van der Waals surface area contributed by atoms with E-state index in [-0.39, 0.29) is 6.42 Å². The Balaban J connectivity index is 5.63. The maximum atomic E-state index is 12.5. The number of hydrogen-bond acceptors (Lipinski definition) is 5. The number of carboxylic acids is 1. The van der Waals surface area contributed by atoms with Crippen LogP contribution in [0.25, 0.3) is 0 Å². The number of aliphatic carboxylic acids is 1. The number of carbonyl (C=O) groups is 3. The summed E-state index contributed by atoms with van der Waals surface area (Å²) in [6, 6.07) is -1.23. The van der Waals surface area contributed by atoms with Crippen LogP contribution in [-0.4, -0.2) is 57.6 Å². The minimum atomic E-state index is -1.23. The zero-order valence-corrected chi connectivity index (χ0v) is 15.9. The first-order valence-corrected chi connectivity index (χ1v) is 7.91. The van der Waals surface area contributed by atoms with Crippen molar-refractivity contribution in [2.24, 2.45) is 0 Å². The van der Waals surface area contributed by atoms with Crippen LogP contribution in [0, 0.1) is 0 Å². The number of carbonyl (C=O) groups excluding carboxylic acids is 2. The summed E-state index contributed by atoms with van der Waals surface area (Å²) < 4.78 is 10.5. The van der Waals surface area contributed by atoms with Crippen LogP contribution >= 0.6 is 0 Å². The van der Waals surface area contributed by atoms with Gasteiger partial charge in [-0.05, 0) is 48.0 Å². The third-order valence-electron chi connectivity index (χ3n) is 2.70. The number of nitrogens with zero attached hydrogens (tertiary/aromatic N) is 2. The summed E-state index contributed by atoms with van der Waals surface area (Å²) in [6.45, 7) is 11.8. The van der Waals surface area contributed by atoms with E-state index in [1.165, 1.54) is 7.05 Å². The van der Waals surface area contributed by atoms with Crippen molar-refractivity contribution in [3.05, 3.63) is 0 Å².